The first-order valence-corrected chi connectivity index (χ1v) is 7.59. The van der Waals surface area contributed by atoms with Crippen LogP contribution in [-0.2, 0) is 0 Å². The minimum absolute atomic E-state index is 0.200. The number of amidine groups is 1. The zero-order valence-electron chi connectivity index (χ0n) is 12.5. The number of hydrogen-bond acceptors (Lipinski definition) is 4. The highest BCUT2D eigenvalue weighted by Gasteiger charge is 2.10. The van der Waals surface area contributed by atoms with Crippen LogP contribution < -0.4 is 5.73 Å². The van der Waals surface area contributed by atoms with Crippen molar-refractivity contribution in [2.45, 2.75) is 6.92 Å². The molecular weight excluding hydrogens is 312 g/mol. The molecule has 1 aromatic heterocycles. The first kappa shape index (κ1) is 15.2. The van der Waals surface area contributed by atoms with Crippen molar-refractivity contribution in [1.29, 1.82) is 0 Å². The first-order valence-electron chi connectivity index (χ1n) is 7.06. The van der Waals surface area contributed by atoms with E-state index in [2.05, 4.69) is 15.1 Å². The van der Waals surface area contributed by atoms with E-state index >= 15 is 0 Å². The minimum Gasteiger partial charge on any atom is -0.386 e. The van der Waals surface area contributed by atoms with Crippen LogP contribution in [0.25, 0.3) is 22.8 Å². The molecule has 3 rings (SSSR count). The van der Waals surface area contributed by atoms with Crippen LogP contribution in [0.4, 0.5) is 5.69 Å². The van der Waals surface area contributed by atoms with Crippen LogP contribution in [0.3, 0.4) is 0 Å². The number of hydrogen-bond donors (Lipinski definition) is 1. The van der Waals surface area contributed by atoms with Gasteiger partial charge in [0, 0.05) is 11.1 Å². The summed E-state index contributed by atoms with van der Waals surface area (Å²) in [6.07, 6.45) is 0. The zero-order valence-corrected chi connectivity index (χ0v) is 13.3. The molecule has 2 N–H and O–H groups in total. The van der Waals surface area contributed by atoms with Crippen LogP contribution in [0.15, 0.2) is 58.0 Å². The number of aromatic nitrogens is 2. The summed E-state index contributed by atoms with van der Waals surface area (Å²) in [6, 6.07) is 15.3. The first-order chi connectivity index (χ1) is 11.2. The van der Waals surface area contributed by atoms with Crippen LogP contribution in [0, 0.1) is 6.92 Å². The van der Waals surface area contributed by atoms with Crippen molar-refractivity contribution < 1.29 is 4.52 Å². The lowest BCUT2D eigenvalue weighted by molar-refractivity contribution is 0.432. The van der Waals surface area contributed by atoms with Crippen molar-refractivity contribution in [1.82, 2.24) is 10.1 Å². The Hall–Kier alpha value is -2.66. The van der Waals surface area contributed by atoms with Crippen molar-refractivity contribution in [3.05, 3.63) is 54.1 Å². The average Bonchev–Trinajstić information content (AvgIpc) is 3.05. The Balaban J connectivity index is 1.86. The fourth-order valence-electron chi connectivity index (χ4n) is 2.12. The van der Waals surface area contributed by atoms with E-state index in [0.717, 1.165) is 22.4 Å². The van der Waals surface area contributed by atoms with E-state index in [-0.39, 0.29) is 5.88 Å². The van der Waals surface area contributed by atoms with Gasteiger partial charge < -0.3 is 10.3 Å². The summed E-state index contributed by atoms with van der Waals surface area (Å²) in [5.41, 5.74) is 9.23. The molecule has 0 saturated carbocycles. The third-order valence-corrected chi connectivity index (χ3v) is 3.50. The fraction of sp³-hybridized carbons (Fsp3) is 0.118. The molecule has 0 fully saturated rings. The number of halogens is 1. The molecule has 2 aromatic carbocycles. The molecule has 0 atom stereocenters. The lowest BCUT2D eigenvalue weighted by Crippen LogP contribution is -2.12. The van der Waals surface area contributed by atoms with Crippen molar-refractivity contribution in [2.24, 2.45) is 10.7 Å². The molecule has 0 saturated heterocycles. The second kappa shape index (κ2) is 6.62. The van der Waals surface area contributed by atoms with Gasteiger partial charge in [-0.1, -0.05) is 28.9 Å². The second-order valence-corrected chi connectivity index (χ2v) is 5.34. The summed E-state index contributed by atoms with van der Waals surface area (Å²) in [7, 11) is 0. The Morgan fingerprint density at radius 1 is 1.17 bits per heavy atom. The molecule has 0 radical (unpaired) electrons. The number of aliphatic imine (C=N–C) groups is 1. The third kappa shape index (κ3) is 3.57. The largest absolute Gasteiger partial charge is 0.386 e. The average molecular weight is 327 g/mol. The molecular formula is C17H15ClN4O. The molecule has 0 bridgehead atoms. The smallest absolute Gasteiger partial charge is 0.258 e. The highest BCUT2D eigenvalue weighted by molar-refractivity contribution is 6.28. The normalized spacial score (nSPS) is 11.7. The van der Waals surface area contributed by atoms with Crippen molar-refractivity contribution in [2.75, 3.05) is 5.88 Å². The van der Waals surface area contributed by atoms with E-state index in [9.17, 15) is 0 Å². The molecule has 0 aliphatic heterocycles. The van der Waals surface area contributed by atoms with Crippen LogP contribution >= 0.6 is 11.6 Å². The van der Waals surface area contributed by atoms with Gasteiger partial charge in [0.05, 0.1) is 11.6 Å². The second-order valence-electron chi connectivity index (χ2n) is 5.08. The molecule has 116 valence electrons. The van der Waals surface area contributed by atoms with Gasteiger partial charge in [0.2, 0.25) is 5.82 Å². The Labute approximate surface area is 138 Å². The lowest BCUT2D eigenvalue weighted by atomic mass is 10.1. The zero-order chi connectivity index (χ0) is 16.2. The molecule has 1 heterocycles. The van der Waals surface area contributed by atoms with Gasteiger partial charge in [-0.2, -0.15) is 4.98 Å². The number of rotatable bonds is 4. The summed E-state index contributed by atoms with van der Waals surface area (Å²) in [5, 5.41) is 4.04. The molecule has 5 nitrogen and oxygen atoms in total. The van der Waals surface area contributed by atoms with Gasteiger partial charge in [-0.3, -0.25) is 0 Å². The Bertz CT molecular complexity index is 840. The Morgan fingerprint density at radius 2 is 1.96 bits per heavy atom. The molecule has 6 heteroatoms. The van der Waals surface area contributed by atoms with Gasteiger partial charge in [0.25, 0.3) is 5.89 Å². The molecule has 3 aromatic rings. The number of aryl methyl sites for hydroxylation is 1. The molecule has 0 unspecified atom stereocenters. The van der Waals surface area contributed by atoms with Gasteiger partial charge in [-0.25, -0.2) is 4.99 Å². The maximum absolute atomic E-state index is 5.61. The fourth-order valence-corrected chi connectivity index (χ4v) is 2.18. The van der Waals surface area contributed by atoms with Gasteiger partial charge >= 0.3 is 0 Å². The predicted molar refractivity (Wildman–Crippen MR) is 91.9 cm³/mol. The predicted octanol–water partition coefficient (Wildman–Crippen LogP) is 3.94. The van der Waals surface area contributed by atoms with E-state index in [1.165, 1.54) is 0 Å². The van der Waals surface area contributed by atoms with E-state index in [4.69, 9.17) is 21.9 Å². The minimum atomic E-state index is 0.200. The molecule has 0 aliphatic carbocycles. The summed E-state index contributed by atoms with van der Waals surface area (Å²) in [4.78, 5) is 8.61. The quantitative estimate of drug-likeness (QED) is 0.447. The van der Waals surface area contributed by atoms with Crippen LogP contribution in [0.2, 0.25) is 0 Å². The Kier molecular flexibility index (Phi) is 4.39. The molecule has 0 spiro atoms. The van der Waals surface area contributed by atoms with Crippen molar-refractivity contribution in [3.8, 4) is 22.8 Å². The highest BCUT2D eigenvalue weighted by Crippen LogP contribution is 2.24. The standard InChI is InChI=1S/C17H15ClN4O/c1-11-3-2-4-13(9-11)16-21-17(23-22-16)12-5-7-14(8-6-12)20-15(19)10-18/h2-9H,10H2,1H3,(H2,19,20). The van der Waals surface area contributed by atoms with Crippen molar-refractivity contribution in [3.63, 3.8) is 0 Å². The summed E-state index contributed by atoms with van der Waals surface area (Å²) >= 11 is 5.61. The van der Waals surface area contributed by atoms with Crippen LogP contribution in [0.1, 0.15) is 5.56 Å². The number of alkyl halides is 1. The summed E-state index contributed by atoms with van der Waals surface area (Å²) in [5.74, 6) is 1.60. The third-order valence-electron chi connectivity index (χ3n) is 3.23. The topological polar surface area (TPSA) is 77.3 Å². The van der Waals surface area contributed by atoms with Crippen LogP contribution in [-0.4, -0.2) is 21.9 Å². The van der Waals surface area contributed by atoms with Gasteiger partial charge in [-0.05, 0) is 37.3 Å². The molecule has 23 heavy (non-hydrogen) atoms. The van der Waals surface area contributed by atoms with Gasteiger partial charge in [0.1, 0.15) is 5.84 Å². The summed E-state index contributed by atoms with van der Waals surface area (Å²) < 4.78 is 5.34. The van der Waals surface area contributed by atoms with Gasteiger partial charge in [-0.15, -0.1) is 11.6 Å². The van der Waals surface area contributed by atoms with E-state index in [0.29, 0.717) is 17.6 Å². The maximum Gasteiger partial charge on any atom is 0.258 e. The van der Waals surface area contributed by atoms with Crippen LogP contribution in [0.5, 0.6) is 0 Å². The molecule has 0 aliphatic rings. The lowest BCUT2D eigenvalue weighted by Gasteiger charge is -1.98. The Morgan fingerprint density at radius 3 is 2.65 bits per heavy atom. The summed E-state index contributed by atoms with van der Waals surface area (Å²) in [6.45, 7) is 2.02. The van der Waals surface area contributed by atoms with Crippen molar-refractivity contribution >= 4 is 23.1 Å². The number of nitrogens with zero attached hydrogens (tertiary/aromatic N) is 3. The SMILES string of the molecule is Cc1cccc(-c2noc(-c3ccc(N=C(N)CCl)cc3)n2)c1. The van der Waals surface area contributed by atoms with Gasteiger partial charge in [0.15, 0.2) is 0 Å². The maximum atomic E-state index is 5.61. The van der Waals surface area contributed by atoms with E-state index in [1.54, 1.807) is 0 Å². The number of nitrogens with two attached hydrogens (primary N) is 1. The molecule has 0 amide bonds. The van der Waals surface area contributed by atoms with E-state index < -0.39 is 0 Å². The highest BCUT2D eigenvalue weighted by atomic mass is 35.5. The number of benzene rings is 2. The monoisotopic (exact) mass is 326 g/mol. The van der Waals surface area contributed by atoms with E-state index in [1.807, 2.05) is 55.5 Å².